The lowest BCUT2D eigenvalue weighted by molar-refractivity contribution is -0.132. The van der Waals surface area contributed by atoms with Gasteiger partial charge in [-0.1, -0.05) is 60.2 Å². The number of carbonyl (C=O) groups excluding carboxylic acids is 2. The predicted molar refractivity (Wildman–Crippen MR) is 131 cm³/mol. The van der Waals surface area contributed by atoms with E-state index in [4.69, 9.17) is 0 Å². The van der Waals surface area contributed by atoms with E-state index in [9.17, 15) is 9.59 Å². The molecule has 3 aromatic rings. The molecule has 33 heavy (non-hydrogen) atoms. The summed E-state index contributed by atoms with van der Waals surface area (Å²) in [6.07, 6.45) is 5.26. The third kappa shape index (κ3) is 5.30. The zero-order valence-electron chi connectivity index (χ0n) is 19.4. The Bertz CT molecular complexity index is 1090. The smallest absolute Gasteiger partial charge is 0.228 e. The summed E-state index contributed by atoms with van der Waals surface area (Å²) in [6.45, 7) is 5.61. The molecule has 1 unspecified atom stereocenters. The van der Waals surface area contributed by atoms with Crippen LogP contribution in [0.25, 0.3) is 11.1 Å². The van der Waals surface area contributed by atoms with Crippen molar-refractivity contribution in [3.63, 3.8) is 0 Å². The van der Waals surface area contributed by atoms with Crippen LogP contribution < -0.4 is 5.32 Å². The van der Waals surface area contributed by atoms with Crippen LogP contribution in [0.2, 0.25) is 0 Å². The zero-order chi connectivity index (χ0) is 23.3. The van der Waals surface area contributed by atoms with Crippen molar-refractivity contribution in [3.8, 4) is 11.1 Å². The van der Waals surface area contributed by atoms with E-state index in [0.717, 1.165) is 22.3 Å². The van der Waals surface area contributed by atoms with Gasteiger partial charge in [0.2, 0.25) is 11.8 Å². The van der Waals surface area contributed by atoms with Gasteiger partial charge in [-0.05, 0) is 55.0 Å². The van der Waals surface area contributed by atoms with Gasteiger partial charge in [-0.2, -0.15) is 0 Å². The van der Waals surface area contributed by atoms with E-state index >= 15 is 0 Å². The van der Waals surface area contributed by atoms with E-state index in [2.05, 4.69) is 34.6 Å². The van der Waals surface area contributed by atoms with Crippen LogP contribution in [0.3, 0.4) is 0 Å². The number of hydrogen-bond acceptors (Lipinski definition) is 3. The molecule has 1 aliphatic rings. The van der Waals surface area contributed by atoms with E-state index in [1.54, 1.807) is 6.20 Å². The van der Waals surface area contributed by atoms with Crippen LogP contribution in [0.5, 0.6) is 0 Å². The van der Waals surface area contributed by atoms with Crippen molar-refractivity contribution in [2.75, 3.05) is 19.6 Å². The number of amides is 2. The molecule has 1 saturated heterocycles. The van der Waals surface area contributed by atoms with E-state index in [1.165, 1.54) is 5.56 Å². The maximum absolute atomic E-state index is 13.2. The first kappa shape index (κ1) is 22.7. The second-order valence-corrected chi connectivity index (χ2v) is 8.98. The molecule has 1 fully saturated rings. The van der Waals surface area contributed by atoms with Gasteiger partial charge in [0.1, 0.15) is 0 Å². The molecule has 2 aromatic carbocycles. The third-order valence-electron chi connectivity index (χ3n) is 6.49. The molecule has 1 N–H and O–H groups in total. The number of aryl methyl sites for hydroxylation is 1. The minimum absolute atomic E-state index is 0.0342. The summed E-state index contributed by atoms with van der Waals surface area (Å²) in [5.41, 5.74) is 4.84. The minimum atomic E-state index is -0.602. The summed E-state index contributed by atoms with van der Waals surface area (Å²) in [7, 11) is 0. The molecular weight excluding hydrogens is 410 g/mol. The number of hydrogen-bond donors (Lipinski definition) is 1. The fourth-order valence-corrected chi connectivity index (χ4v) is 4.57. The second kappa shape index (κ2) is 9.99. The van der Waals surface area contributed by atoms with Crippen molar-refractivity contribution >= 4 is 11.8 Å². The highest BCUT2D eigenvalue weighted by atomic mass is 16.2. The molecule has 2 amide bonds. The molecule has 0 radical (unpaired) electrons. The van der Waals surface area contributed by atoms with Gasteiger partial charge in [-0.15, -0.1) is 0 Å². The Hall–Kier alpha value is -3.47. The average molecular weight is 442 g/mol. The molecule has 0 aliphatic carbocycles. The quantitative estimate of drug-likeness (QED) is 0.598. The first-order valence-corrected chi connectivity index (χ1v) is 11.6. The second-order valence-electron chi connectivity index (χ2n) is 8.98. The van der Waals surface area contributed by atoms with Crippen LogP contribution >= 0.6 is 0 Å². The lowest BCUT2D eigenvalue weighted by Crippen LogP contribution is -2.45. The Morgan fingerprint density at radius 1 is 1.00 bits per heavy atom. The van der Waals surface area contributed by atoms with Gasteiger partial charge in [0.25, 0.3) is 0 Å². The summed E-state index contributed by atoms with van der Waals surface area (Å²) < 4.78 is 0. The third-order valence-corrected chi connectivity index (χ3v) is 6.49. The molecule has 5 heteroatoms. The highest BCUT2D eigenvalue weighted by molar-refractivity contribution is 5.86. The molecule has 1 aliphatic heterocycles. The largest absolute Gasteiger partial charge is 0.356 e. The number of rotatable bonds is 7. The molecule has 4 rings (SSSR count). The lowest BCUT2D eigenvalue weighted by Gasteiger charge is -2.28. The molecule has 1 aromatic heterocycles. The lowest BCUT2D eigenvalue weighted by atomic mass is 9.79. The fourth-order valence-electron chi connectivity index (χ4n) is 4.57. The zero-order valence-corrected chi connectivity index (χ0v) is 19.4. The summed E-state index contributed by atoms with van der Waals surface area (Å²) in [6, 6.07) is 20.3. The van der Waals surface area contributed by atoms with Crippen molar-refractivity contribution in [1.29, 1.82) is 0 Å². The van der Waals surface area contributed by atoms with E-state index in [-0.39, 0.29) is 11.8 Å². The van der Waals surface area contributed by atoms with Crippen LogP contribution in [0, 0.1) is 12.3 Å². The Kier molecular flexibility index (Phi) is 6.87. The maximum atomic E-state index is 13.2. The molecule has 2 heterocycles. The van der Waals surface area contributed by atoms with Crippen molar-refractivity contribution in [3.05, 3.63) is 89.7 Å². The first-order valence-electron chi connectivity index (χ1n) is 11.6. The number of carbonyl (C=O) groups is 2. The highest BCUT2D eigenvalue weighted by Gasteiger charge is 2.45. The van der Waals surface area contributed by atoms with Gasteiger partial charge >= 0.3 is 0 Å². The summed E-state index contributed by atoms with van der Waals surface area (Å²) >= 11 is 0. The van der Waals surface area contributed by atoms with Crippen molar-refractivity contribution < 1.29 is 9.59 Å². The number of aromatic nitrogens is 1. The molecule has 0 spiro atoms. The molecule has 0 saturated carbocycles. The number of nitrogens with zero attached hydrogens (tertiary/aromatic N) is 2. The summed E-state index contributed by atoms with van der Waals surface area (Å²) in [5.74, 6) is 0.115. The van der Waals surface area contributed by atoms with E-state index in [1.807, 2.05) is 61.3 Å². The van der Waals surface area contributed by atoms with Crippen LogP contribution in [0.15, 0.2) is 73.1 Å². The van der Waals surface area contributed by atoms with Crippen molar-refractivity contribution in [2.24, 2.45) is 5.41 Å². The Morgan fingerprint density at radius 3 is 2.39 bits per heavy atom. The molecule has 170 valence electrons. The van der Waals surface area contributed by atoms with Crippen LogP contribution in [-0.4, -0.2) is 41.3 Å². The summed E-state index contributed by atoms with van der Waals surface area (Å²) in [5, 5.41) is 3.02. The molecule has 5 nitrogen and oxygen atoms in total. The maximum Gasteiger partial charge on any atom is 0.228 e. The van der Waals surface area contributed by atoms with Gasteiger partial charge in [0.15, 0.2) is 0 Å². The molecule has 0 bridgehead atoms. The Labute approximate surface area is 195 Å². The van der Waals surface area contributed by atoms with Crippen molar-refractivity contribution in [1.82, 2.24) is 15.2 Å². The number of benzene rings is 2. The number of likely N-dealkylation sites (tertiary alicyclic amines) is 1. The molecule has 1 atom stereocenters. The highest BCUT2D eigenvalue weighted by Crippen LogP contribution is 2.35. The monoisotopic (exact) mass is 441 g/mol. The average Bonchev–Trinajstić information content (AvgIpc) is 3.27. The summed E-state index contributed by atoms with van der Waals surface area (Å²) in [4.78, 5) is 32.2. The van der Waals surface area contributed by atoms with Gasteiger partial charge in [-0.3, -0.25) is 14.6 Å². The van der Waals surface area contributed by atoms with Crippen LogP contribution in [0.4, 0.5) is 0 Å². The molecular formula is C28H31N3O2. The van der Waals surface area contributed by atoms with Gasteiger partial charge in [-0.25, -0.2) is 0 Å². The van der Waals surface area contributed by atoms with Gasteiger partial charge in [0, 0.05) is 32.0 Å². The Morgan fingerprint density at radius 2 is 1.73 bits per heavy atom. The topological polar surface area (TPSA) is 62.3 Å². The minimum Gasteiger partial charge on any atom is -0.356 e. The van der Waals surface area contributed by atoms with Gasteiger partial charge in [0.05, 0.1) is 11.8 Å². The van der Waals surface area contributed by atoms with Crippen LogP contribution in [-0.2, 0) is 22.4 Å². The first-order chi connectivity index (χ1) is 16.0. The Balaban J connectivity index is 1.49. The SMILES string of the molecule is CCNC(=O)C1(Cc2ccc(-c3cccnc3)cc2)CCN(C(=O)Cc2ccc(C)cc2)C1. The van der Waals surface area contributed by atoms with Crippen LogP contribution in [0.1, 0.15) is 30.0 Å². The predicted octanol–water partition coefficient (Wildman–Crippen LogP) is 4.20. The number of nitrogens with one attached hydrogen (secondary N) is 1. The number of pyridine rings is 1. The standard InChI is InChI=1S/C28H31N3O2/c1-3-30-27(33)28(18-23-10-12-24(13-11-23)25-5-4-15-29-19-25)14-16-31(20-28)26(32)17-22-8-6-21(2)7-9-22/h4-13,15,19H,3,14,16-18,20H2,1-2H3,(H,30,33). The van der Waals surface area contributed by atoms with Gasteiger partial charge < -0.3 is 10.2 Å². The van der Waals surface area contributed by atoms with E-state index < -0.39 is 5.41 Å². The normalized spacial score (nSPS) is 17.7. The fraction of sp³-hybridized carbons (Fsp3) is 0.321. The van der Waals surface area contributed by atoms with E-state index in [0.29, 0.717) is 38.9 Å². The van der Waals surface area contributed by atoms with Crippen molar-refractivity contribution in [2.45, 2.75) is 33.1 Å².